The minimum absolute atomic E-state index is 0.00345. The van der Waals surface area contributed by atoms with E-state index >= 15 is 0 Å². The van der Waals surface area contributed by atoms with Crippen LogP contribution < -0.4 is 5.73 Å². The van der Waals surface area contributed by atoms with Gasteiger partial charge in [0, 0.05) is 12.0 Å². The highest BCUT2D eigenvalue weighted by molar-refractivity contribution is 6.42. The van der Waals surface area contributed by atoms with Crippen LogP contribution in [0.2, 0.25) is 10.0 Å². The quantitative estimate of drug-likeness (QED) is 0.903. The van der Waals surface area contributed by atoms with Gasteiger partial charge in [0.05, 0.1) is 16.0 Å². The van der Waals surface area contributed by atoms with E-state index in [1.165, 1.54) is 0 Å². The van der Waals surface area contributed by atoms with E-state index in [0.717, 1.165) is 0 Å². The fourth-order valence-electron chi connectivity index (χ4n) is 2.46. The largest absolute Gasteiger partial charge is 0.445 e. The van der Waals surface area contributed by atoms with E-state index in [-0.39, 0.29) is 17.2 Å². The van der Waals surface area contributed by atoms with Crippen molar-refractivity contribution in [3.63, 3.8) is 0 Å². The first-order chi connectivity index (χ1) is 10.4. The number of carbonyl (C=O) groups is 1. The number of ether oxygens (including phenoxy) is 1. The molecule has 0 fully saturated rings. The van der Waals surface area contributed by atoms with Crippen LogP contribution in [0, 0.1) is 11.3 Å². The Bertz CT molecular complexity index is 745. The molecule has 2 N–H and O–H groups in total. The number of rotatable bonds is 3. The second-order valence-electron chi connectivity index (χ2n) is 4.84. The summed E-state index contributed by atoms with van der Waals surface area (Å²) in [5, 5.41) is 10.2. The number of carbonyl (C=O) groups excluding carboxylic acids is 1. The monoisotopic (exact) mass is 336 g/mol. The van der Waals surface area contributed by atoms with Gasteiger partial charge in [0.25, 0.3) is 0 Å². The van der Waals surface area contributed by atoms with Gasteiger partial charge in [-0.1, -0.05) is 36.2 Å². The lowest BCUT2D eigenvalue weighted by molar-refractivity contribution is -0.115. The first-order valence-corrected chi connectivity index (χ1v) is 7.42. The second-order valence-corrected chi connectivity index (χ2v) is 5.66. The molecule has 1 aromatic carbocycles. The molecule has 1 aliphatic heterocycles. The van der Waals surface area contributed by atoms with Crippen LogP contribution in [0.4, 0.5) is 0 Å². The standard InChI is InChI=1S/C16H14Cl2N2O2/c1-3-13(21)14-8(2)22-16(20)10(7-19)15(14)9-4-5-11(17)12(18)6-9/h4-6,15H,3,20H2,1-2H3. The molecule has 0 radical (unpaired) electrons. The molecule has 0 amide bonds. The number of Topliss-reactive ketones (excluding diaryl/α,β-unsaturated/α-hetero) is 1. The zero-order valence-electron chi connectivity index (χ0n) is 12.1. The Morgan fingerprint density at radius 2 is 2.09 bits per heavy atom. The Morgan fingerprint density at radius 1 is 1.41 bits per heavy atom. The summed E-state index contributed by atoms with van der Waals surface area (Å²) in [6.45, 7) is 3.41. The van der Waals surface area contributed by atoms with Crippen molar-refractivity contribution in [2.45, 2.75) is 26.2 Å². The third-order valence-corrected chi connectivity index (χ3v) is 4.24. The summed E-state index contributed by atoms with van der Waals surface area (Å²) in [6.07, 6.45) is 0.298. The third kappa shape index (κ3) is 2.83. The molecule has 1 heterocycles. The van der Waals surface area contributed by atoms with Crippen LogP contribution in [0.5, 0.6) is 0 Å². The van der Waals surface area contributed by atoms with Gasteiger partial charge in [-0.25, -0.2) is 0 Å². The van der Waals surface area contributed by atoms with Crippen molar-refractivity contribution < 1.29 is 9.53 Å². The molecule has 0 bridgehead atoms. The highest BCUT2D eigenvalue weighted by atomic mass is 35.5. The van der Waals surface area contributed by atoms with Gasteiger partial charge < -0.3 is 10.5 Å². The fourth-order valence-corrected chi connectivity index (χ4v) is 2.76. The molecule has 1 aliphatic rings. The molecule has 0 saturated carbocycles. The molecular weight excluding hydrogens is 323 g/mol. The maximum atomic E-state index is 12.3. The molecular formula is C16H14Cl2N2O2. The smallest absolute Gasteiger partial charge is 0.205 e. The van der Waals surface area contributed by atoms with Gasteiger partial charge in [0.15, 0.2) is 5.78 Å². The van der Waals surface area contributed by atoms with Gasteiger partial charge in [0.1, 0.15) is 17.4 Å². The van der Waals surface area contributed by atoms with E-state index in [1.54, 1.807) is 32.0 Å². The predicted octanol–water partition coefficient (Wildman–Crippen LogP) is 4.05. The number of allylic oxidation sites excluding steroid dienone is 3. The van der Waals surface area contributed by atoms with Gasteiger partial charge in [-0.3, -0.25) is 4.79 Å². The van der Waals surface area contributed by atoms with Crippen LogP contribution in [-0.2, 0) is 9.53 Å². The first-order valence-electron chi connectivity index (χ1n) is 6.67. The van der Waals surface area contributed by atoms with Crippen LogP contribution in [0.3, 0.4) is 0 Å². The van der Waals surface area contributed by atoms with Crippen LogP contribution in [0.25, 0.3) is 0 Å². The summed E-state index contributed by atoms with van der Waals surface area (Å²) in [4.78, 5) is 12.3. The van der Waals surface area contributed by atoms with E-state index < -0.39 is 5.92 Å². The number of benzene rings is 1. The Morgan fingerprint density at radius 3 is 2.64 bits per heavy atom. The number of ketones is 1. The SMILES string of the molecule is CCC(=O)C1=C(C)OC(N)=C(C#N)C1c1ccc(Cl)c(Cl)c1. The van der Waals surface area contributed by atoms with Crippen molar-refractivity contribution in [3.05, 3.63) is 56.6 Å². The van der Waals surface area contributed by atoms with Crippen LogP contribution in [-0.4, -0.2) is 5.78 Å². The second kappa shape index (κ2) is 6.43. The molecule has 1 aromatic rings. The highest BCUT2D eigenvalue weighted by Gasteiger charge is 2.34. The molecule has 22 heavy (non-hydrogen) atoms. The summed E-state index contributed by atoms with van der Waals surface area (Å²) in [5.41, 5.74) is 7.10. The molecule has 0 aliphatic carbocycles. The Balaban J connectivity index is 2.68. The van der Waals surface area contributed by atoms with Crippen LogP contribution in [0.15, 0.2) is 41.0 Å². The van der Waals surface area contributed by atoms with Gasteiger partial charge in [0.2, 0.25) is 5.88 Å². The third-order valence-electron chi connectivity index (χ3n) is 3.50. The minimum Gasteiger partial charge on any atom is -0.445 e. The van der Waals surface area contributed by atoms with Crippen molar-refractivity contribution in [2.75, 3.05) is 0 Å². The minimum atomic E-state index is -0.596. The average Bonchev–Trinajstić information content (AvgIpc) is 2.48. The Labute approximate surface area is 138 Å². The predicted molar refractivity (Wildman–Crippen MR) is 85.1 cm³/mol. The first kappa shape index (κ1) is 16.4. The number of nitrogens with two attached hydrogens (primary N) is 1. The number of nitriles is 1. The molecule has 1 unspecified atom stereocenters. The normalized spacial score (nSPS) is 18.0. The van der Waals surface area contributed by atoms with Gasteiger partial charge in [-0.05, 0) is 24.6 Å². The summed E-state index contributed by atoms with van der Waals surface area (Å²) in [6, 6.07) is 7.03. The summed E-state index contributed by atoms with van der Waals surface area (Å²) in [7, 11) is 0. The fraction of sp³-hybridized carbons (Fsp3) is 0.250. The van der Waals surface area contributed by atoms with Crippen molar-refractivity contribution in [3.8, 4) is 6.07 Å². The molecule has 4 nitrogen and oxygen atoms in total. The summed E-state index contributed by atoms with van der Waals surface area (Å²) < 4.78 is 5.37. The van der Waals surface area contributed by atoms with Gasteiger partial charge in [-0.15, -0.1) is 0 Å². The number of nitrogens with zero attached hydrogens (tertiary/aromatic N) is 1. The Kier molecular flexibility index (Phi) is 4.80. The van der Waals surface area contributed by atoms with Crippen molar-refractivity contribution in [1.82, 2.24) is 0 Å². The maximum absolute atomic E-state index is 12.3. The van der Waals surface area contributed by atoms with E-state index in [1.807, 2.05) is 6.07 Å². The zero-order valence-corrected chi connectivity index (χ0v) is 13.6. The summed E-state index contributed by atoms with van der Waals surface area (Å²) >= 11 is 12.0. The number of hydrogen-bond acceptors (Lipinski definition) is 4. The van der Waals surface area contributed by atoms with E-state index in [9.17, 15) is 10.1 Å². The number of hydrogen-bond donors (Lipinski definition) is 1. The lowest BCUT2D eigenvalue weighted by atomic mass is 9.81. The molecule has 0 saturated heterocycles. The molecule has 0 spiro atoms. The van der Waals surface area contributed by atoms with Crippen molar-refractivity contribution >= 4 is 29.0 Å². The topological polar surface area (TPSA) is 76.1 Å². The molecule has 6 heteroatoms. The molecule has 114 valence electrons. The van der Waals surface area contributed by atoms with Gasteiger partial charge >= 0.3 is 0 Å². The van der Waals surface area contributed by atoms with Crippen LogP contribution in [0.1, 0.15) is 31.7 Å². The lowest BCUT2D eigenvalue weighted by Gasteiger charge is -2.27. The highest BCUT2D eigenvalue weighted by Crippen LogP contribution is 2.41. The van der Waals surface area contributed by atoms with Crippen molar-refractivity contribution in [1.29, 1.82) is 5.26 Å². The van der Waals surface area contributed by atoms with E-state index in [2.05, 4.69) is 0 Å². The number of halogens is 2. The van der Waals surface area contributed by atoms with Gasteiger partial charge in [-0.2, -0.15) is 5.26 Å². The molecule has 0 aromatic heterocycles. The molecule has 1 atom stereocenters. The summed E-state index contributed by atoms with van der Waals surface area (Å²) in [5.74, 6) is -0.294. The van der Waals surface area contributed by atoms with E-state index in [0.29, 0.717) is 33.4 Å². The zero-order chi connectivity index (χ0) is 16.4. The maximum Gasteiger partial charge on any atom is 0.205 e. The van der Waals surface area contributed by atoms with Crippen molar-refractivity contribution in [2.24, 2.45) is 5.73 Å². The van der Waals surface area contributed by atoms with Crippen LogP contribution >= 0.6 is 23.2 Å². The average molecular weight is 337 g/mol. The lowest BCUT2D eigenvalue weighted by Crippen LogP contribution is -2.24. The van der Waals surface area contributed by atoms with E-state index in [4.69, 9.17) is 33.7 Å². The molecule has 2 rings (SSSR count). The Hall–Kier alpha value is -1.96.